The molecule has 0 bridgehead atoms. The summed E-state index contributed by atoms with van der Waals surface area (Å²) >= 11 is 0.482. The Kier molecular flexibility index (Phi) is 5.96. The van der Waals surface area contributed by atoms with Crippen molar-refractivity contribution < 1.29 is 8.78 Å². The third kappa shape index (κ3) is 4.45. The summed E-state index contributed by atoms with van der Waals surface area (Å²) in [6, 6.07) is 8.73. The first-order valence-electron chi connectivity index (χ1n) is 8.82. The molecule has 1 aliphatic carbocycles. The van der Waals surface area contributed by atoms with Crippen molar-refractivity contribution in [3.63, 3.8) is 0 Å². The first-order valence-corrected chi connectivity index (χ1v) is 9.63. The van der Waals surface area contributed by atoms with Crippen LogP contribution in [0, 0.1) is 34.1 Å². The number of rotatable bonds is 5. The van der Waals surface area contributed by atoms with Crippen molar-refractivity contribution >= 4 is 11.8 Å². The van der Waals surface area contributed by atoms with Gasteiger partial charge in [-0.25, -0.2) is 8.78 Å². The van der Waals surface area contributed by atoms with E-state index < -0.39 is 11.6 Å². The van der Waals surface area contributed by atoms with Gasteiger partial charge in [-0.2, -0.15) is 5.26 Å². The van der Waals surface area contributed by atoms with Crippen molar-refractivity contribution in [3.8, 4) is 17.2 Å². The minimum absolute atomic E-state index is 0.277. The predicted molar refractivity (Wildman–Crippen MR) is 101 cm³/mol. The summed E-state index contributed by atoms with van der Waals surface area (Å²) < 4.78 is 27.9. The van der Waals surface area contributed by atoms with Crippen molar-refractivity contribution in [1.29, 1.82) is 5.26 Å². The number of aryl methyl sites for hydroxylation is 1. The van der Waals surface area contributed by atoms with Gasteiger partial charge in [0.25, 0.3) is 0 Å². The smallest absolute Gasteiger partial charge is 0.142 e. The average molecular weight is 367 g/mol. The van der Waals surface area contributed by atoms with Crippen molar-refractivity contribution in [1.82, 2.24) is 0 Å². The molecule has 0 amide bonds. The molecule has 0 unspecified atom stereocenters. The molecule has 1 fully saturated rings. The Morgan fingerprint density at radius 3 is 2.46 bits per heavy atom. The fourth-order valence-corrected chi connectivity index (χ4v) is 3.31. The zero-order chi connectivity index (χ0) is 18.5. The molecule has 0 radical (unpaired) electrons. The van der Waals surface area contributed by atoms with Crippen molar-refractivity contribution in [2.45, 2.75) is 49.8 Å². The number of thioether (sulfide) groups is 1. The van der Waals surface area contributed by atoms with Gasteiger partial charge in [-0.3, -0.25) is 0 Å². The predicted octanol–water partition coefficient (Wildman–Crippen LogP) is 6.16. The number of halogens is 2. The average Bonchev–Trinajstić information content (AvgIpc) is 3.46. The maximum absolute atomic E-state index is 13.9. The van der Waals surface area contributed by atoms with Crippen LogP contribution < -0.4 is 0 Å². The molecule has 3 rings (SSSR count). The summed E-state index contributed by atoms with van der Waals surface area (Å²) in [5.41, 5.74) is 3.79. The van der Waals surface area contributed by atoms with E-state index in [4.69, 9.17) is 5.26 Å². The highest BCUT2D eigenvalue weighted by Gasteiger charge is 2.25. The molecule has 26 heavy (non-hydrogen) atoms. The van der Waals surface area contributed by atoms with E-state index in [1.807, 2.05) is 6.07 Å². The number of nitrogens with zero attached hydrogens (tertiary/aromatic N) is 1. The second kappa shape index (κ2) is 8.39. The van der Waals surface area contributed by atoms with Gasteiger partial charge in [0.2, 0.25) is 0 Å². The molecule has 0 aliphatic heterocycles. The Labute approximate surface area is 157 Å². The van der Waals surface area contributed by atoms with E-state index in [-0.39, 0.29) is 10.5 Å². The zero-order valence-electron chi connectivity index (χ0n) is 14.6. The second-order valence-electron chi connectivity index (χ2n) is 6.51. The highest BCUT2D eigenvalue weighted by atomic mass is 32.2. The third-order valence-corrected chi connectivity index (χ3v) is 5.13. The topological polar surface area (TPSA) is 23.8 Å². The Balaban J connectivity index is 1.89. The van der Waals surface area contributed by atoms with Gasteiger partial charge in [0.1, 0.15) is 17.0 Å². The minimum atomic E-state index is -0.752. The monoisotopic (exact) mass is 367 g/mol. The number of nitriles is 1. The summed E-state index contributed by atoms with van der Waals surface area (Å²) in [6.45, 7) is 2.18. The van der Waals surface area contributed by atoms with Crippen molar-refractivity contribution in [3.05, 3.63) is 64.2 Å². The van der Waals surface area contributed by atoms with E-state index in [1.54, 1.807) is 5.40 Å². The molecular formula is C22H19F2NS. The van der Waals surface area contributed by atoms with Crippen LogP contribution in [0.4, 0.5) is 8.78 Å². The largest absolute Gasteiger partial charge is 0.206 e. The summed E-state index contributed by atoms with van der Waals surface area (Å²) in [5, 5.41) is 10.3. The third-order valence-electron chi connectivity index (χ3n) is 4.44. The molecule has 0 heterocycles. The minimum Gasteiger partial charge on any atom is -0.206 e. The highest BCUT2D eigenvalue weighted by Crippen LogP contribution is 2.42. The molecule has 4 heteroatoms. The number of unbranched alkanes of at least 4 members (excludes halogenated alkanes) is 1. The Hall–Kier alpha value is -2.30. The fourth-order valence-electron chi connectivity index (χ4n) is 2.91. The van der Waals surface area contributed by atoms with E-state index >= 15 is 0 Å². The lowest BCUT2D eigenvalue weighted by molar-refractivity contribution is 0.540. The van der Waals surface area contributed by atoms with E-state index in [1.165, 1.54) is 42.5 Å². The lowest BCUT2D eigenvalue weighted by Crippen LogP contribution is -1.93. The summed E-state index contributed by atoms with van der Waals surface area (Å²) in [7, 11) is 0. The SMILES string of the molecule is CCCCc1ccc(C#Cc2cc(F)c(SC#N)c(F)c2)c(C2CC2)c1. The van der Waals surface area contributed by atoms with Crippen LogP contribution in [-0.4, -0.2) is 0 Å². The molecule has 0 N–H and O–H groups in total. The fraction of sp³-hybridized carbons (Fsp3) is 0.318. The maximum Gasteiger partial charge on any atom is 0.142 e. The van der Waals surface area contributed by atoms with Gasteiger partial charge in [0.15, 0.2) is 0 Å². The molecule has 1 nitrogen and oxygen atoms in total. The molecule has 1 saturated carbocycles. The number of thiocyanates is 1. The Morgan fingerprint density at radius 2 is 1.85 bits per heavy atom. The van der Waals surface area contributed by atoms with E-state index in [2.05, 4.69) is 30.9 Å². The molecule has 0 spiro atoms. The first kappa shape index (κ1) is 18.5. The van der Waals surface area contributed by atoms with Crippen LogP contribution in [0.1, 0.15) is 60.8 Å². The molecular weight excluding hydrogens is 348 g/mol. The van der Waals surface area contributed by atoms with E-state index in [0.717, 1.165) is 18.4 Å². The van der Waals surface area contributed by atoms with E-state index in [9.17, 15) is 8.78 Å². The van der Waals surface area contributed by atoms with Crippen molar-refractivity contribution in [2.75, 3.05) is 0 Å². The quantitative estimate of drug-likeness (QED) is 0.359. The van der Waals surface area contributed by atoms with Gasteiger partial charge < -0.3 is 0 Å². The molecule has 0 aromatic heterocycles. The van der Waals surface area contributed by atoms with Crippen LogP contribution in [0.3, 0.4) is 0 Å². The Bertz CT molecular complexity index is 891. The molecule has 2 aromatic rings. The lowest BCUT2D eigenvalue weighted by atomic mass is 9.97. The van der Waals surface area contributed by atoms with Crippen molar-refractivity contribution in [2.24, 2.45) is 0 Å². The van der Waals surface area contributed by atoms with Crippen LogP contribution in [0.5, 0.6) is 0 Å². The molecule has 132 valence electrons. The molecule has 0 atom stereocenters. The van der Waals surface area contributed by atoms with Crippen LogP contribution in [0.15, 0.2) is 35.2 Å². The number of benzene rings is 2. The van der Waals surface area contributed by atoms with Crippen LogP contribution in [0.25, 0.3) is 0 Å². The standard InChI is InChI=1S/C22H19F2NS/c1-2-3-4-15-5-7-17(19(11-15)18-9-10-18)8-6-16-12-20(23)22(26-14-25)21(24)13-16/h5,7,11-13,18H,2-4,9-10H2,1H3. The van der Waals surface area contributed by atoms with Gasteiger partial charge >= 0.3 is 0 Å². The zero-order valence-corrected chi connectivity index (χ0v) is 15.4. The number of hydrogen-bond acceptors (Lipinski definition) is 2. The first-order chi connectivity index (χ1) is 12.6. The molecule has 0 saturated heterocycles. The maximum atomic E-state index is 13.9. The normalized spacial score (nSPS) is 13.0. The van der Waals surface area contributed by atoms with Crippen LogP contribution in [-0.2, 0) is 6.42 Å². The summed E-state index contributed by atoms with van der Waals surface area (Å²) in [4.78, 5) is -0.281. The van der Waals surface area contributed by atoms with E-state index in [0.29, 0.717) is 17.7 Å². The van der Waals surface area contributed by atoms with Gasteiger partial charge in [-0.15, -0.1) is 0 Å². The highest BCUT2D eigenvalue weighted by molar-refractivity contribution is 8.03. The summed E-state index contributed by atoms with van der Waals surface area (Å²) in [5.74, 6) is 5.02. The van der Waals surface area contributed by atoms with Gasteiger partial charge in [-0.05, 0) is 72.7 Å². The Morgan fingerprint density at radius 1 is 1.12 bits per heavy atom. The van der Waals surface area contributed by atoms with Gasteiger partial charge in [0, 0.05) is 11.1 Å². The number of hydrogen-bond donors (Lipinski definition) is 0. The lowest BCUT2D eigenvalue weighted by Gasteiger charge is -2.07. The van der Waals surface area contributed by atoms with Gasteiger partial charge in [-0.1, -0.05) is 37.3 Å². The second-order valence-corrected chi connectivity index (χ2v) is 7.31. The van der Waals surface area contributed by atoms with Gasteiger partial charge in [0.05, 0.1) is 4.90 Å². The van der Waals surface area contributed by atoms with Crippen LogP contribution in [0.2, 0.25) is 0 Å². The molecule has 2 aromatic carbocycles. The molecule has 1 aliphatic rings. The van der Waals surface area contributed by atoms with Crippen LogP contribution >= 0.6 is 11.8 Å². The summed E-state index contributed by atoms with van der Waals surface area (Å²) in [6.07, 6.45) is 5.75.